The van der Waals surface area contributed by atoms with Crippen LogP contribution in [0.4, 0.5) is 0 Å². The van der Waals surface area contributed by atoms with Gasteiger partial charge in [-0.2, -0.15) is 0 Å². The molecule has 0 bridgehead atoms. The summed E-state index contributed by atoms with van der Waals surface area (Å²) in [6.07, 6.45) is 0.613. The summed E-state index contributed by atoms with van der Waals surface area (Å²) >= 11 is 0. The first kappa shape index (κ1) is 15.0. The van der Waals surface area contributed by atoms with Gasteiger partial charge in [0.05, 0.1) is 18.2 Å². The number of hydrogen-bond donors (Lipinski definition) is 3. The van der Waals surface area contributed by atoms with Crippen LogP contribution in [-0.2, 0) is 16.0 Å². The van der Waals surface area contributed by atoms with E-state index in [2.05, 4.69) is 10.6 Å². The molecule has 1 amide bonds. The van der Waals surface area contributed by atoms with Crippen molar-refractivity contribution in [3.8, 4) is 0 Å². The van der Waals surface area contributed by atoms with E-state index in [0.29, 0.717) is 6.42 Å². The molecule has 1 atom stereocenters. The highest BCUT2D eigenvalue weighted by Crippen LogP contribution is 2.14. The molecule has 0 spiro atoms. The van der Waals surface area contributed by atoms with Crippen molar-refractivity contribution in [1.82, 2.24) is 10.6 Å². The number of amides is 1. The van der Waals surface area contributed by atoms with Crippen LogP contribution >= 0.6 is 0 Å². The van der Waals surface area contributed by atoms with Crippen molar-refractivity contribution in [1.29, 1.82) is 0 Å². The SMILES string of the molecule is CC1(OCC(=O)N[C@H](CO)Cc2ccccc2)CNC1. The van der Waals surface area contributed by atoms with Crippen LogP contribution in [0, 0.1) is 0 Å². The van der Waals surface area contributed by atoms with Crippen LogP contribution in [-0.4, -0.2) is 49.0 Å². The molecule has 0 aromatic heterocycles. The highest BCUT2D eigenvalue weighted by atomic mass is 16.5. The molecule has 0 aliphatic carbocycles. The quantitative estimate of drug-likeness (QED) is 0.661. The Balaban J connectivity index is 1.76. The van der Waals surface area contributed by atoms with Gasteiger partial charge in [0.1, 0.15) is 6.61 Å². The van der Waals surface area contributed by atoms with Crippen molar-refractivity contribution >= 4 is 5.91 Å². The predicted octanol–water partition coefficient (Wildman–Crippen LogP) is 0.0847. The zero-order chi connectivity index (χ0) is 14.4. The van der Waals surface area contributed by atoms with E-state index in [9.17, 15) is 9.90 Å². The summed E-state index contributed by atoms with van der Waals surface area (Å²) in [6, 6.07) is 9.51. The van der Waals surface area contributed by atoms with Gasteiger partial charge in [-0.15, -0.1) is 0 Å². The Hall–Kier alpha value is -1.43. The standard InChI is InChI=1S/C15H22N2O3/c1-15(10-16-11-15)20-9-14(19)17-13(8-18)7-12-5-3-2-4-6-12/h2-6,13,16,18H,7-11H2,1H3,(H,17,19)/t13-/m0/s1. The van der Waals surface area contributed by atoms with E-state index < -0.39 is 0 Å². The first-order valence-electron chi connectivity index (χ1n) is 6.90. The summed E-state index contributed by atoms with van der Waals surface area (Å²) in [5.41, 5.74) is 0.855. The summed E-state index contributed by atoms with van der Waals surface area (Å²) in [6.45, 7) is 3.47. The number of nitrogens with one attached hydrogen (secondary N) is 2. The third-order valence-electron chi connectivity index (χ3n) is 3.46. The van der Waals surface area contributed by atoms with Crippen LogP contribution < -0.4 is 10.6 Å². The molecule has 1 aromatic carbocycles. The van der Waals surface area contributed by atoms with Gasteiger partial charge in [0.15, 0.2) is 0 Å². The first-order valence-corrected chi connectivity index (χ1v) is 6.90. The van der Waals surface area contributed by atoms with Crippen LogP contribution in [0.1, 0.15) is 12.5 Å². The lowest BCUT2D eigenvalue weighted by atomic mass is 10.0. The fourth-order valence-corrected chi connectivity index (χ4v) is 2.15. The Morgan fingerprint density at radius 1 is 1.45 bits per heavy atom. The molecule has 1 aliphatic rings. The van der Waals surface area contributed by atoms with Gasteiger partial charge in [-0.05, 0) is 18.9 Å². The van der Waals surface area contributed by atoms with Gasteiger partial charge in [0.25, 0.3) is 0 Å². The molecule has 1 aliphatic heterocycles. The monoisotopic (exact) mass is 278 g/mol. The third kappa shape index (κ3) is 4.30. The second kappa shape index (κ2) is 6.83. The topological polar surface area (TPSA) is 70.6 Å². The molecule has 5 heteroatoms. The van der Waals surface area contributed by atoms with E-state index in [1.54, 1.807) is 0 Å². The number of ether oxygens (including phenoxy) is 1. The lowest BCUT2D eigenvalue weighted by molar-refractivity contribution is -0.136. The van der Waals surface area contributed by atoms with Gasteiger partial charge in [-0.1, -0.05) is 30.3 Å². The minimum Gasteiger partial charge on any atom is -0.394 e. The van der Waals surface area contributed by atoms with Gasteiger partial charge in [0, 0.05) is 13.1 Å². The van der Waals surface area contributed by atoms with Crippen LogP contribution in [0.5, 0.6) is 0 Å². The molecule has 20 heavy (non-hydrogen) atoms. The lowest BCUT2D eigenvalue weighted by Gasteiger charge is -2.38. The van der Waals surface area contributed by atoms with Crippen molar-refractivity contribution in [2.75, 3.05) is 26.3 Å². The first-order chi connectivity index (χ1) is 9.61. The number of carbonyl (C=O) groups is 1. The second-order valence-electron chi connectivity index (χ2n) is 5.48. The van der Waals surface area contributed by atoms with Gasteiger partial charge < -0.3 is 20.5 Å². The molecule has 0 saturated carbocycles. The van der Waals surface area contributed by atoms with Crippen molar-refractivity contribution in [2.24, 2.45) is 0 Å². The summed E-state index contributed by atoms with van der Waals surface area (Å²) in [7, 11) is 0. The average molecular weight is 278 g/mol. The van der Waals surface area contributed by atoms with Crippen molar-refractivity contribution in [3.05, 3.63) is 35.9 Å². The Morgan fingerprint density at radius 2 is 2.15 bits per heavy atom. The van der Waals surface area contributed by atoms with Crippen LogP contribution in [0.15, 0.2) is 30.3 Å². The lowest BCUT2D eigenvalue weighted by Crippen LogP contribution is -2.59. The highest BCUT2D eigenvalue weighted by molar-refractivity contribution is 5.77. The fraction of sp³-hybridized carbons (Fsp3) is 0.533. The van der Waals surface area contributed by atoms with E-state index in [4.69, 9.17) is 4.74 Å². The maximum Gasteiger partial charge on any atom is 0.246 e. The highest BCUT2D eigenvalue weighted by Gasteiger charge is 2.33. The van der Waals surface area contributed by atoms with E-state index in [0.717, 1.165) is 18.7 Å². The molecular weight excluding hydrogens is 256 g/mol. The molecule has 1 fully saturated rings. The number of carbonyl (C=O) groups excluding carboxylic acids is 1. The molecule has 1 saturated heterocycles. The van der Waals surface area contributed by atoms with Crippen LogP contribution in [0.3, 0.4) is 0 Å². The minimum atomic E-state index is -0.277. The molecule has 0 radical (unpaired) electrons. The van der Waals surface area contributed by atoms with Gasteiger partial charge in [-0.3, -0.25) is 4.79 Å². The molecule has 5 nitrogen and oxygen atoms in total. The van der Waals surface area contributed by atoms with E-state index in [1.807, 2.05) is 37.3 Å². The number of rotatable bonds is 7. The summed E-state index contributed by atoms with van der Waals surface area (Å²) < 4.78 is 5.57. The number of benzene rings is 1. The van der Waals surface area contributed by atoms with Crippen LogP contribution in [0.25, 0.3) is 0 Å². The van der Waals surface area contributed by atoms with E-state index in [-0.39, 0.29) is 30.8 Å². The van der Waals surface area contributed by atoms with Crippen molar-refractivity contribution in [3.63, 3.8) is 0 Å². The number of aliphatic hydroxyl groups is 1. The average Bonchev–Trinajstić information content (AvgIpc) is 2.43. The molecule has 2 rings (SSSR count). The fourth-order valence-electron chi connectivity index (χ4n) is 2.15. The van der Waals surface area contributed by atoms with Gasteiger partial charge in [0.2, 0.25) is 5.91 Å². The predicted molar refractivity (Wildman–Crippen MR) is 76.4 cm³/mol. The summed E-state index contributed by atoms with van der Waals surface area (Å²) in [4.78, 5) is 11.8. The third-order valence-corrected chi connectivity index (χ3v) is 3.46. The van der Waals surface area contributed by atoms with Crippen molar-refractivity contribution < 1.29 is 14.6 Å². The molecular formula is C15H22N2O3. The normalized spacial score (nSPS) is 18.1. The zero-order valence-electron chi connectivity index (χ0n) is 11.8. The number of aliphatic hydroxyl groups excluding tert-OH is 1. The van der Waals surface area contributed by atoms with E-state index in [1.165, 1.54) is 0 Å². The number of hydrogen-bond acceptors (Lipinski definition) is 4. The largest absolute Gasteiger partial charge is 0.394 e. The van der Waals surface area contributed by atoms with E-state index >= 15 is 0 Å². The minimum absolute atomic E-state index is 0.0312. The molecule has 0 unspecified atom stereocenters. The van der Waals surface area contributed by atoms with Crippen molar-refractivity contribution in [2.45, 2.75) is 25.0 Å². The smallest absolute Gasteiger partial charge is 0.246 e. The zero-order valence-corrected chi connectivity index (χ0v) is 11.8. The van der Waals surface area contributed by atoms with Crippen LogP contribution in [0.2, 0.25) is 0 Å². The molecule has 1 aromatic rings. The Labute approximate surface area is 119 Å². The maximum atomic E-state index is 11.8. The summed E-state index contributed by atoms with van der Waals surface area (Å²) in [5.74, 6) is -0.187. The molecule has 110 valence electrons. The second-order valence-corrected chi connectivity index (χ2v) is 5.48. The Bertz CT molecular complexity index is 432. The van der Waals surface area contributed by atoms with Gasteiger partial charge in [-0.25, -0.2) is 0 Å². The molecule has 3 N–H and O–H groups in total. The Kier molecular flexibility index (Phi) is 5.11. The Morgan fingerprint density at radius 3 is 2.70 bits per heavy atom. The molecule has 1 heterocycles. The van der Waals surface area contributed by atoms with Gasteiger partial charge >= 0.3 is 0 Å². The summed E-state index contributed by atoms with van der Waals surface area (Å²) in [5, 5.41) is 15.3. The maximum absolute atomic E-state index is 11.8.